The molecule has 4 rings (SSSR count). The molecule has 0 spiro atoms. The number of fused-ring (bicyclic) bond motifs is 2. The largest absolute Gasteiger partial charge is 0.494 e. The van der Waals surface area contributed by atoms with E-state index in [0.29, 0.717) is 18.0 Å². The molecule has 5 heteroatoms. The van der Waals surface area contributed by atoms with Gasteiger partial charge in [-0.25, -0.2) is 4.98 Å². The number of hydrogen-bond acceptors (Lipinski definition) is 3. The molecule has 1 aromatic heterocycles. The van der Waals surface area contributed by atoms with Crippen molar-refractivity contribution in [3.05, 3.63) is 24.0 Å². The summed E-state index contributed by atoms with van der Waals surface area (Å²) in [6, 6.07) is 7.29. The maximum atomic E-state index is 6.18. The van der Waals surface area contributed by atoms with Crippen molar-refractivity contribution in [1.29, 1.82) is 0 Å². The van der Waals surface area contributed by atoms with Crippen molar-refractivity contribution in [1.82, 2.24) is 14.5 Å². The topological polar surface area (TPSA) is 30.3 Å². The minimum Gasteiger partial charge on any atom is -0.494 e. The number of ether oxygens (including phenoxy) is 1. The molecule has 2 atom stereocenters. The molecular weight excluding hydrogens is 286 g/mol. The zero-order valence-electron chi connectivity index (χ0n) is 12.3. The van der Waals surface area contributed by atoms with Crippen molar-refractivity contribution in [2.45, 2.75) is 37.2 Å². The third-order valence-electron chi connectivity index (χ3n) is 5.00. The molecule has 2 aromatic rings. The molecule has 0 saturated carbocycles. The fourth-order valence-corrected chi connectivity index (χ4v) is 4.31. The molecule has 2 aliphatic rings. The van der Waals surface area contributed by atoms with Crippen LogP contribution in [-0.4, -0.2) is 40.7 Å². The molecule has 21 heavy (non-hydrogen) atoms. The maximum absolute atomic E-state index is 6.18. The zero-order chi connectivity index (χ0) is 14.4. The summed E-state index contributed by atoms with van der Waals surface area (Å²) >= 11 is 6.18. The quantitative estimate of drug-likeness (QED) is 0.816. The summed E-state index contributed by atoms with van der Waals surface area (Å²) in [6.07, 6.45) is 3.79. The van der Waals surface area contributed by atoms with Crippen LogP contribution in [0.15, 0.2) is 18.2 Å². The first-order chi connectivity index (χ1) is 10.3. The summed E-state index contributed by atoms with van der Waals surface area (Å²) in [7, 11) is 1.70. The van der Waals surface area contributed by atoms with Crippen molar-refractivity contribution in [3.63, 3.8) is 0 Å². The molecule has 2 fully saturated rings. The van der Waals surface area contributed by atoms with E-state index in [1.165, 1.54) is 32.4 Å². The van der Waals surface area contributed by atoms with Gasteiger partial charge in [0.1, 0.15) is 17.1 Å². The number of alkyl halides is 1. The second-order valence-electron chi connectivity index (χ2n) is 5.96. The van der Waals surface area contributed by atoms with Crippen LogP contribution in [0.5, 0.6) is 5.75 Å². The molecule has 112 valence electrons. The molecule has 1 aromatic carbocycles. The second kappa shape index (κ2) is 5.18. The lowest BCUT2D eigenvalue weighted by Gasteiger charge is -2.23. The Morgan fingerprint density at radius 1 is 1.29 bits per heavy atom. The number of aromatic nitrogens is 2. The molecule has 0 radical (unpaired) electrons. The van der Waals surface area contributed by atoms with Crippen LogP contribution in [0.1, 0.15) is 31.1 Å². The van der Waals surface area contributed by atoms with Crippen molar-refractivity contribution < 1.29 is 4.74 Å². The molecule has 2 saturated heterocycles. The molecule has 3 heterocycles. The Morgan fingerprint density at radius 2 is 2.19 bits per heavy atom. The summed E-state index contributed by atoms with van der Waals surface area (Å²) < 4.78 is 7.84. The second-order valence-corrected chi connectivity index (χ2v) is 6.23. The Kier molecular flexibility index (Phi) is 3.31. The average molecular weight is 306 g/mol. The third kappa shape index (κ3) is 1.96. The molecule has 0 aliphatic carbocycles. The van der Waals surface area contributed by atoms with Crippen molar-refractivity contribution in [2.24, 2.45) is 0 Å². The van der Waals surface area contributed by atoms with Gasteiger partial charge in [0.2, 0.25) is 0 Å². The Balaban J connectivity index is 1.87. The van der Waals surface area contributed by atoms with E-state index in [1.54, 1.807) is 7.11 Å². The fourth-order valence-electron chi connectivity index (χ4n) is 4.13. The van der Waals surface area contributed by atoms with Gasteiger partial charge in [-0.3, -0.25) is 4.90 Å². The van der Waals surface area contributed by atoms with Gasteiger partial charge in [-0.15, -0.1) is 11.6 Å². The SMILES string of the molecule is COc1cccc2c1nc(CCl)n2C1CCN2CCCC12. The van der Waals surface area contributed by atoms with Crippen LogP contribution in [-0.2, 0) is 5.88 Å². The summed E-state index contributed by atoms with van der Waals surface area (Å²) in [5.41, 5.74) is 2.09. The fraction of sp³-hybridized carbons (Fsp3) is 0.562. The molecule has 4 nitrogen and oxygen atoms in total. The number of benzene rings is 1. The van der Waals surface area contributed by atoms with Crippen LogP contribution in [0, 0.1) is 0 Å². The van der Waals surface area contributed by atoms with Gasteiger partial charge in [0, 0.05) is 12.6 Å². The van der Waals surface area contributed by atoms with Crippen LogP contribution >= 0.6 is 11.6 Å². The highest BCUT2D eigenvalue weighted by Crippen LogP contribution is 2.39. The van der Waals surface area contributed by atoms with Crippen molar-refractivity contribution in [3.8, 4) is 5.75 Å². The first kappa shape index (κ1) is 13.4. The van der Waals surface area contributed by atoms with E-state index in [2.05, 4.69) is 15.5 Å². The lowest BCUT2D eigenvalue weighted by atomic mass is 10.1. The summed E-state index contributed by atoms with van der Waals surface area (Å²) in [4.78, 5) is 7.37. The summed E-state index contributed by atoms with van der Waals surface area (Å²) in [5.74, 6) is 2.25. The van der Waals surface area contributed by atoms with E-state index in [0.717, 1.165) is 22.6 Å². The van der Waals surface area contributed by atoms with Gasteiger partial charge < -0.3 is 9.30 Å². The number of imidazole rings is 1. The Hall–Kier alpha value is -1.26. The van der Waals surface area contributed by atoms with Gasteiger partial charge >= 0.3 is 0 Å². The van der Waals surface area contributed by atoms with Crippen LogP contribution in [0.4, 0.5) is 0 Å². The number of nitrogens with zero attached hydrogens (tertiary/aromatic N) is 3. The minimum absolute atomic E-state index is 0.445. The van der Waals surface area contributed by atoms with E-state index in [-0.39, 0.29) is 0 Å². The zero-order valence-corrected chi connectivity index (χ0v) is 13.0. The smallest absolute Gasteiger partial charge is 0.146 e. The Morgan fingerprint density at radius 3 is 3.00 bits per heavy atom. The predicted molar refractivity (Wildman–Crippen MR) is 84.1 cm³/mol. The molecule has 2 unspecified atom stereocenters. The molecular formula is C16H20ClN3O. The number of halogens is 1. The van der Waals surface area contributed by atoms with Gasteiger partial charge in [0.15, 0.2) is 0 Å². The summed E-state index contributed by atoms with van der Waals surface area (Å²) in [6.45, 7) is 2.44. The first-order valence-corrected chi connectivity index (χ1v) is 8.20. The number of methoxy groups -OCH3 is 1. The van der Waals surface area contributed by atoms with E-state index < -0.39 is 0 Å². The number of para-hydroxylation sites is 1. The van der Waals surface area contributed by atoms with Gasteiger partial charge in [0.25, 0.3) is 0 Å². The third-order valence-corrected chi connectivity index (χ3v) is 5.24. The molecule has 0 N–H and O–H groups in total. The lowest BCUT2D eigenvalue weighted by molar-refractivity contribution is 0.290. The van der Waals surface area contributed by atoms with Gasteiger partial charge in [-0.1, -0.05) is 6.07 Å². The van der Waals surface area contributed by atoms with Gasteiger partial charge in [0.05, 0.1) is 24.5 Å². The average Bonchev–Trinajstić information content (AvgIpc) is 3.19. The van der Waals surface area contributed by atoms with Crippen LogP contribution in [0.25, 0.3) is 11.0 Å². The Bertz CT molecular complexity index is 669. The predicted octanol–water partition coefficient (Wildman–Crippen LogP) is 3.19. The number of hydrogen-bond donors (Lipinski definition) is 0. The molecule has 2 aliphatic heterocycles. The highest BCUT2D eigenvalue weighted by molar-refractivity contribution is 6.16. The normalized spacial score (nSPS) is 25.6. The maximum Gasteiger partial charge on any atom is 0.146 e. The highest BCUT2D eigenvalue weighted by Gasteiger charge is 2.39. The van der Waals surface area contributed by atoms with Gasteiger partial charge in [-0.05, 0) is 37.9 Å². The summed E-state index contributed by atoms with van der Waals surface area (Å²) in [5, 5.41) is 0. The Labute approximate surface area is 129 Å². The van der Waals surface area contributed by atoms with E-state index in [4.69, 9.17) is 21.3 Å². The molecule has 0 amide bonds. The van der Waals surface area contributed by atoms with E-state index in [1.807, 2.05) is 12.1 Å². The van der Waals surface area contributed by atoms with Crippen molar-refractivity contribution in [2.75, 3.05) is 20.2 Å². The number of rotatable bonds is 3. The highest BCUT2D eigenvalue weighted by atomic mass is 35.5. The monoisotopic (exact) mass is 305 g/mol. The van der Waals surface area contributed by atoms with Crippen LogP contribution < -0.4 is 4.74 Å². The lowest BCUT2D eigenvalue weighted by Crippen LogP contribution is -2.28. The van der Waals surface area contributed by atoms with Crippen LogP contribution in [0.3, 0.4) is 0 Å². The van der Waals surface area contributed by atoms with Gasteiger partial charge in [-0.2, -0.15) is 0 Å². The van der Waals surface area contributed by atoms with Crippen molar-refractivity contribution >= 4 is 22.6 Å². The van der Waals surface area contributed by atoms with E-state index in [9.17, 15) is 0 Å². The molecule has 0 bridgehead atoms. The van der Waals surface area contributed by atoms with E-state index >= 15 is 0 Å². The minimum atomic E-state index is 0.445. The first-order valence-electron chi connectivity index (χ1n) is 7.67. The van der Waals surface area contributed by atoms with Crippen LogP contribution in [0.2, 0.25) is 0 Å². The standard InChI is InChI=1S/C16H20ClN3O/c1-21-14-6-2-4-13-16(14)18-15(10-17)20(13)12-7-9-19-8-3-5-11(12)19/h2,4,6,11-12H,3,5,7-10H2,1H3.